The summed E-state index contributed by atoms with van der Waals surface area (Å²) in [7, 11) is 0. The number of nitrogens with one attached hydrogen (secondary N) is 1. The van der Waals surface area contributed by atoms with Crippen LogP contribution in [0.15, 0.2) is 65.1 Å². The molecule has 1 N–H and O–H groups in total. The Labute approximate surface area is 187 Å². The first-order valence-corrected chi connectivity index (χ1v) is 10.4. The highest BCUT2D eigenvalue weighted by atomic mass is 79.9. The largest absolute Gasteiger partial charge is 0.489 e. The standard InChI is InChI=1S/C22H18BrCl2NO3/c1-2-28-21-17(23)10-15(11-20(21)29-13-14-6-4-3-5-7-14)22(27)26-16-8-9-18(24)19(25)12-16/h3-12H,2,13H2,1H3,(H,26,27). The zero-order chi connectivity index (χ0) is 20.8. The minimum Gasteiger partial charge on any atom is -0.489 e. The molecule has 0 heterocycles. The van der Waals surface area contributed by atoms with E-state index in [-0.39, 0.29) is 5.91 Å². The van der Waals surface area contributed by atoms with E-state index in [1.807, 2.05) is 37.3 Å². The van der Waals surface area contributed by atoms with Crippen molar-refractivity contribution in [2.24, 2.45) is 0 Å². The quantitative estimate of drug-likeness (QED) is 0.385. The van der Waals surface area contributed by atoms with Crippen LogP contribution < -0.4 is 14.8 Å². The Morgan fingerprint density at radius 3 is 2.45 bits per heavy atom. The molecule has 0 aliphatic rings. The molecule has 0 saturated heterocycles. The van der Waals surface area contributed by atoms with Gasteiger partial charge < -0.3 is 14.8 Å². The summed E-state index contributed by atoms with van der Waals surface area (Å²) < 4.78 is 12.3. The third kappa shape index (κ3) is 5.66. The van der Waals surface area contributed by atoms with Gasteiger partial charge in [0.2, 0.25) is 0 Å². The van der Waals surface area contributed by atoms with E-state index in [1.54, 1.807) is 30.3 Å². The van der Waals surface area contributed by atoms with Crippen LogP contribution in [0, 0.1) is 0 Å². The zero-order valence-corrected chi connectivity index (χ0v) is 18.6. The van der Waals surface area contributed by atoms with Gasteiger partial charge in [-0.1, -0.05) is 53.5 Å². The van der Waals surface area contributed by atoms with Gasteiger partial charge in [-0.05, 0) is 58.7 Å². The van der Waals surface area contributed by atoms with Gasteiger partial charge in [0.1, 0.15) is 6.61 Å². The summed E-state index contributed by atoms with van der Waals surface area (Å²) in [6.07, 6.45) is 0. The van der Waals surface area contributed by atoms with E-state index in [9.17, 15) is 4.79 Å². The number of amides is 1. The van der Waals surface area contributed by atoms with E-state index in [1.165, 1.54) is 0 Å². The van der Waals surface area contributed by atoms with Crippen molar-refractivity contribution in [2.45, 2.75) is 13.5 Å². The number of rotatable bonds is 7. The first-order chi connectivity index (χ1) is 14.0. The molecule has 0 bridgehead atoms. The molecule has 0 spiro atoms. The number of halogens is 3. The molecule has 0 fully saturated rings. The monoisotopic (exact) mass is 493 g/mol. The predicted octanol–water partition coefficient (Wildman–Crippen LogP) is 6.99. The van der Waals surface area contributed by atoms with Crippen LogP contribution >= 0.6 is 39.1 Å². The van der Waals surface area contributed by atoms with Crippen LogP contribution in [0.4, 0.5) is 5.69 Å². The molecule has 0 radical (unpaired) electrons. The lowest BCUT2D eigenvalue weighted by atomic mass is 10.1. The lowest BCUT2D eigenvalue weighted by Crippen LogP contribution is -2.13. The molecule has 7 heteroatoms. The molecule has 3 rings (SSSR count). The van der Waals surface area contributed by atoms with Crippen molar-refractivity contribution in [3.8, 4) is 11.5 Å². The fourth-order valence-corrected chi connectivity index (χ4v) is 3.46. The van der Waals surface area contributed by atoms with Crippen LogP contribution in [-0.4, -0.2) is 12.5 Å². The Kier molecular flexibility index (Phi) is 7.42. The molecule has 3 aromatic carbocycles. The van der Waals surface area contributed by atoms with Crippen molar-refractivity contribution in [1.82, 2.24) is 0 Å². The van der Waals surface area contributed by atoms with Crippen molar-refractivity contribution in [3.05, 3.63) is 86.3 Å². The van der Waals surface area contributed by atoms with Crippen molar-refractivity contribution in [3.63, 3.8) is 0 Å². The normalized spacial score (nSPS) is 10.5. The van der Waals surface area contributed by atoms with E-state index in [2.05, 4.69) is 21.2 Å². The van der Waals surface area contributed by atoms with Crippen molar-refractivity contribution in [1.29, 1.82) is 0 Å². The summed E-state index contributed by atoms with van der Waals surface area (Å²) in [4.78, 5) is 12.8. The molecular formula is C22H18BrCl2NO3. The highest BCUT2D eigenvalue weighted by molar-refractivity contribution is 9.10. The molecule has 0 aromatic heterocycles. The Morgan fingerprint density at radius 1 is 1.00 bits per heavy atom. The van der Waals surface area contributed by atoms with Crippen molar-refractivity contribution >= 4 is 50.7 Å². The van der Waals surface area contributed by atoms with E-state index < -0.39 is 0 Å². The van der Waals surface area contributed by atoms with Gasteiger partial charge in [0.05, 0.1) is 21.1 Å². The molecule has 1 amide bonds. The SMILES string of the molecule is CCOc1c(Br)cc(C(=O)Nc2ccc(Cl)c(Cl)c2)cc1OCc1ccccc1. The molecule has 29 heavy (non-hydrogen) atoms. The molecule has 0 aliphatic carbocycles. The summed E-state index contributed by atoms with van der Waals surface area (Å²) in [5.41, 5.74) is 1.97. The van der Waals surface area contributed by atoms with Gasteiger partial charge in [0.15, 0.2) is 11.5 Å². The maximum absolute atomic E-state index is 12.8. The van der Waals surface area contributed by atoms with Crippen molar-refractivity contribution in [2.75, 3.05) is 11.9 Å². The first-order valence-electron chi connectivity index (χ1n) is 8.87. The Morgan fingerprint density at radius 2 is 1.76 bits per heavy atom. The van der Waals surface area contributed by atoms with E-state index >= 15 is 0 Å². The van der Waals surface area contributed by atoms with E-state index in [0.29, 0.717) is 50.5 Å². The topological polar surface area (TPSA) is 47.6 Å². The molecule has 4 nitrogen and oxygen atoms in total. The third-order valence-corrected chi connectivity index (χ3v) is 5.30. The highest BCUT2D eigenvalue weighted by Crippen LogP contribution is 2.37. The van der Waals surface area contributed by atoms with Crippen LogP contribution in [-0.2, 0) is 6.61 Å². The van der Waals surface area contributed by atoms with Gasteiger partial charge in [-0.15, -0.1) is 0 Å². The minimum atomic E-state index is -0.309. The van der Waals surface area contributed by atoms with Gasteiger partial charge >= 0.3 is 0 Å². The zero-order valence-electron chi connectivity index (χ0n) is 15.5. The number of carbonyl (C=O) groups is 1. The molecular weight excluding hydrogens is 477 g/mol. The number of benzene rings is 3. The van der Waals surface area contributed by atoms with Gasteiger partial charge in [-0.3, -0.25) is 4.79 Å². The fourth-order valence-electron chi connectivity index (χ4n) is 2.60. The summed E-state index contributed by atoms with van der Waals surface area (Å²) in [6, 6.07) is 18.0. The summed E-state index contributed by atoms with van der Waals surface area (Å²) in [6.45, 7) is 2.71. The lowest BCUT2D eigenvalue weighted by molar-refractivity contribution is 0.102. The number of carbonyl (C=O) groups excluding carboxylic acids is 1. The average Bonchev–Trinajstić information content (AvgIpc) is 2.71. The van der Waals surface area contributed by atoms with E-state index in [4.69, 9.17) is 32.7 Å². The number of ether oxygens (including phenoxy) is 2. The van der Waals surface area contributed by atoms with Crippen LogP contribution in [0.25, 0.3) is 0 Å². The van der Waals surface area contributed by atoms with Crippen LogP contribution in [0.3, 0.4) is 0 Å². The maximum Gasteiger partial charge on any atom is 0.255 e. The number of hydrogen-bond acceptors (Lipinski definition) is 3. The molecule has 0 unspecified atom stereocenters. The van der Waals surface area contributed by atoms with Crippen molar-refractivity contribution < 1.29 is 14.3 Å². The predicted molar refractivity (Wildman–Crippen MR) is 121 cm³/mol. The minimum absolute atomic E-state index is 0.309. The second-order valence-electron chi connectivity index (χ2n) is 6.08. The van der Waals surface area contributed by atoms with Crippen LogP contribution in [0.1, 0.15) is 22.8 Å². The van der Waals surface area contributed by atoms with Crippen LogP contribution in [0.5, 0.6) is 11.5 Å². The number of anilines is 1. The van der Waals surface area contributed by atoms with Gasteiger partial charge in [-0.2, -0.15) is 0 Å². The molecule has 150 valence electrons. The fraction of sp³-hybridized carbons (Fsp3) is 0.136. The maximum atomic E-state index is 12.8. The average molecular weight is 495 g/mol. The highest BCUT2D eigenvalue weighted by Gasteiger charge is 2.17. The van der Waals surface area contributed by atoms with Gasteiger partial charge in [-0.25, -0.2) is 0 Å². The summed E-state index contributed by atoms with van der Waals surface area (Å²) >= 11 is 15.4. The van der Waals surface area contributed by atoms with Crippen LogP contribution in [0.2, 0.25) is 10.0 Å². The second kappa shape index (κ2) is 10.0. The Balaban J connectivity index is 1.85. The van der Waals surface area contributed by atoms with E-state index in [0.717, 1.165) is 5.56 Å². The molecule has 0 atom stereocenters. The Hall–Kier alpha value is -2.21. The third-order valence-electron chi connectivity index (χ3n) is 3.98. The van der Waals surface area contributed by atoms with Gasteiger partial charge in [0.25, 0.3) is 5.91 Å². The molecule has 0 saturated carbocycles. The summed E-state index contributed by atoms with van der Waals surface area (Å²) in [5, 5.41) is 3.59. The second-order valence-corrected chi connectivity index (χ2v) is 7.74. The number of hydrogen-bond donors (Lipinski definition) is 1. The first kappa shape index (κ1) is 21.5. The molecule has 3 aromatic rings. The van der Waals surface area contributed by atoms with Gasteiger partial charge in [0, 0.05) is 11.3 Å². The lowest BCUT2D eigenvalue weighted by Gasteiger charge is -2.15. The molecule has 0 aliphatic heterocycles. The summed E-state index contributed by atoms with van der Waals surface area (Å²) in [5.74, 6) is 0.718. The smallest absolute Gasteiger partial charge is 0.255 e. The Bertz CT molecular complexity index is 1010.